The summed E-state index contributed by atoms with van der Waals surface area (Å²) in [5.74, 6) is -0.293. The molecule has 1 heterocycles. The molecule has 150 valence electrons. The van der Waals surface area contributed by atoms with Gasteiger partial charge in [0.15, 0.2) is 0 Å². The first-order valence-corrected chi connectivity index (χ1v) is 10.0. The van der Waals surface area contributed by atoms with Crippen LogP contribution >= 0.6 is 11.6 Å². The number of rotatable bonds is 3. The molecule has 0 aliphatic carbocycles. The van der Waals surface area contributed by atoms with Crippen molar-refractivity contribution in [1.29, 1.82) is 0 Å². The summed E-state index contributed by atoms with van der Waals surface area (Å²) in [6.07, 6.45) is 0. The van der Waals surface area contributed by atoms with Gasteiger partial charge in [-0.15, -0.1) is 0 Å². The number of hydrogen-bond donors (Lipinski definition) is 1. The lowest BCUT2D eigenvalue weighted by atomic mass is 10.1. The van der Waals surface area contributed by atoms with Crippen molar-refractivity contribution in [2.45, 2.75) is 20.8 Å². The smallest absolute Gasteiger partial charge is 0.261 e. The van der Waals surface area contributed by atoms with E-state index in [1.807, 2.05) is 81.4 Å². The summed E-state index contributed by atoms with van der Waals surface area (Å²) in [6.45, 7) is 5.94. The zero-order chi connectivity index (χ0) is 21.3. The van der Waals surface area contributed by atoms with Crippen LogP contribution in [0.5, 0.6) is 0 Å². The summed E-state index contributed by atoms with van der Waals surface area (Å²) in [5, 5.41) is 4.29. The Bertz CT molecular complexity index is 1340. The maximum absolute atomic E-state index is 13.2. The van der Waals surface area contributed by atoms with Crippen LogP contribution in [0.15, 0.2) is 76.1 Å². The number of para-hydroxylation sites is 1. The third-order valence-electron chi connectivity index (χ3n) is 4.86. The summed E-state index contributed by atoms with van der Waals surface area (Å²) < 4.78 is 6.00. The maximum Gasteiger partial charge on any atom is 0.261 e. The number of nitrogens with zero attached hydrogens (tertiary/aromatic N) is 1. The topological polar surface area (TPSA) is 54.6 Å². The molecule has 4 rings (SSSR count). The highest BCUT2D eigenvalue weighted by Gasteiger charge is 2.14. The molecule has 0 radical (unpaired) electrons. The number of benzene rings is 3. The predicted octanol–water partition coefficient (Wildman–Crippen LogP) is 6.50. The molecule has 1 aromatic heterocycles. The number of halogens is 1. The van der Waals surface area contributed by atoms with Gasteiger partial charge in [0.25, 0.3) is 5.91 Å². The van der Waals surface area contributed by atoms with Crippen molar-refractivity contribution in [3.05, 3.63) is 99.6 Å². The molecule has 0 aliphatic rings. The lowest BCUT2D eigenvalue weighted by molar-refractivity contribution is 0.102. The zero-order valence-corrected chi connectivity index (χ0v) is 17.7. The van der Waals surface area contributed by atoms with Crippen molar-refractivity contribution in [1.82, 2.24) is 0 Å². The van der Waals surface area contributed by atoms with Crippen molar-refractivity contribution in [2.24, 2.45) is 4.99 Å². The van der Waals surface area contributed by atoms with Crippen LogP contribution in [-0.4, -0.2) is 5.91 Å². The van der Waals surface area contributed by atoms with Gasteiger partial charge >= 0.3 is 0 Å². The Kier molecular flexibility index (Phi) is 5.42. The molecule has 3 aromatic carbocycles. The van der Waals surface area contributed by atoms with E-state index >= 15 is 0 Å². The van der Waals surface area contributed by atoms with Crippen LogP contribution < -0.4 is 10.9 Å². The SMILES string of the molecule is Cc1ccc(NC(=O)c2cc3ccccc3oc2=Nc2ccc(C)cc2Cl)c(C)c1. The van der Waals surface area contributed by atoms with E-state index in [0.29, 0.717) is 21.9 Å². The Hall–Kier alpha value is -3.37. The fraction of sp³-hybridized carbons (Fsp3) is 0.120. The van der Waals surface area contributed by atoms with Crippen LogP contribution in [0.3, 0.4) is 0 Å². The molecule has 0 saturated heterocycles. The Morgan fingerprint density at radius 1 is 0.933 bits per heavy atom. The minimum atomic E-state index is -0.293. The summed E-state index contributed by atoms with van der Waals surface area (Å²) in [6, 6.07) is 20.8. The molecule has 4 aromatic rings. The van der Waals surface area contributed by atoms with Gasteiger partial charge in [0.2, 0.25) is 5.55 Å². The van der Waals surface area contributed by atoms with Gasteiger partial charge in [0, 0.05) is 11.1 Å². The first-order valence-electron chi connectivity index (χ1n) is 9.63. The maximum atomic E-state index is 13.2. The molecule has 5 heteroatoms. The number of aryl methyl sites for hydroxylation is 3. The average Bonchev–Trinajstić information content (AvgIpc) is 2.71. The van der Waals surface area contributed by atoms with Gasteiger partial charge in [-0.1, -0.05) is 53.6 Å². The quantitative estimate of drug-likeness (QED) is 0.414. The van der Waals surface area contributed by atoms with Crippen molar-refractivity contribution >= 4 is 39.9 Å². The highest BCUT2D eigenvalue weighted by Crippen LogP contribution is 2.25. The number of fused-ring (bicyclic) bond motifs is 1. The third-order valence-corrected chi connectivity index (χ3v) is 5.16. The normalized spacial score (nSPS) is 11.7. The molecule has 0 fully saturated rings. The summed E-state index contributed by atoms with van der Waals surface area (Å²) >= 11 is 6.36. The molecule has 0 aliphatic heterocycles. The molecule has 0 saturated carbocycles. The number of anilines is 1. The molecule has 1 amide bonds. The molecule has 4 nitrogen and oxygen atoms in total. The first kappa shape index (κ1) is 19.9. The summed E-state index contributed by atoms with van der Waals surface area (Å²) in [4.78, 5) is 17.8. The molecular formula is C25H21ClN2O2. The lowest BCUT2D eigenvalue weighted by Crippen LogP contribution is -2.22. The highest BCUT2D eigenvalue weighted by atomic mass is 35.5. The Morgan fingerprint density at radius 3 is 2.43 bits per heavy atom. The van der Waals surface area contributed by atoms with E-state index in [4.69, 9.17) is 16.0 Å². The van der Waals surface area contributed by atoms with Gasteiger partial charge < -0.3 is 9.73 Å². The van der Waals surface area contributed by atoms with E-state index in [2.05, 4.69) is 10.3 Å². The number of hydrogen-bond acceptors (Lipinski definition) is 3. The van der Waals surface area contributed by atoms with E-state index in [1.54, 1.807) is 6.07 Å². The van der Waals surface area contributed by atoms with Gasteiger partial charge in [-0.25, -0.2) is 4.99 Å². The van der Waals surface area contributed by atoms with Crippen LogP contribution in [0.25, 0.3) is 11.0 Å². The molecule has 30 heavy (non-hydrogen) atoms. The first-order chi connectivity index (χ1) is 14.4. The Labute approximate surface area is 179 Å². The van der Waals surface area contributed by atoms with Gasteiger partial charge in [-0.05, 0) is 62.2 Å². The second kappa shape index (κ2) is 8.17. The van der Waals surface area contributed by atoms with Gasteiger partial charge in [0.1, 0.15) is 11.1 Å². The largest absolute Gasteiger partial charge is 0.438 e. The monoisotopic (exact) mass is 416 g/mol. The third kappa shape index (κ3) is 4.14. The Balaban J connectivity index is 1.86. The number of carbonyl (C=O) groups excluding carboxylic acids is 1. The van der Waals surface area contributed by atoms with Crippen LogP contribution in [0.4, 0.5) is 11.4 Å². The van der Waals surface area contributed by atoms with Crippen molar-refractivity contribution in [3.8, 4) is 0 Å². The molecule has 0 bridgehead atoms. The predicted molar refractivity (Wildman–Crippen MR) is 121 cm³/mol. The van der Waals surface area contributed by atoms with E-state index in [9.17, 15) is 4.79 Å². The van der Waals surface area contributed by atoms with Crippen LogP contribution in [0.2, 0.25) is 5.02 Å². The minimum Gasteiger partial charge on any atom is -0.438 e. The molecule has 1 N–H and O–H groups in total. The molecule has 0 atom stereocenters. The molecule has 0 spiro atoms. The average molecular weight is 417 g/mol. The second-order valence-corrected chi connectivity index (χ2v) is 7.75. The lowest BCUT2D eigenvalue weighted by Gasteiger charge is -2.10. The number of carbonyl (C=O) groups is 1. The summed E-state index contributed by atoms with van der Waals surface area (Å²) in [5.41, 5.74) is 5.63. The van der Waals surface area contributed by atoms with Gasteiger partial charge in [-0.2, -0.15) is 0 Å². The fourth-order valence-electron chi connectivity index (χ4n) is 3.27. The van der Waals surface area contributed by atoms with Crippen LogP contribution in [0, 0.1) is 20.8 Å². The number of nitrogens with one attached hydrogen (secondary N) is 1. The molecule has 0 unspecified atom stereocenters. The van der Waals surface area contributed by atoms with Crippen LogP contribution in [-0.2, 0) is 0 Å². The van der Waals surface area contributed by atoms with E-state index in [1.165, 1.54) is 0 Å². The highest BCUT2D eigenvalue weighted by molar-refractivity contribution is 6.33. The second-order valence-electron chi connectivity index (χ2n) is 7.34. The standard InChI is InChI=1S/C25H21ClN2O2/c1-15-8-10-21(17(3)12-15)27-24(29)19-14-18-6-4-5-7-23(18)30-25(19)28-22-11-9-16(2)13-20(22)26/h4-14H,1-3H3,(H,27,29). The van der Waals surface area contributed by atoms with Gasteiger partial charge in [-0.3, -0.25) is 4.79 Å². The van der Waals surface area contributed by atoms with Gasteiger partial charge in [0.05, 0.1) is 10.7 Å². The minimum absolute atomic E-state index is 0.210. The zero-order valence-electron chi connectivity index (χ0n) is 17.0. The van der Waals surface area contributed by atoms with E-state index in [-0.39, 0.29) is 11.5 Å². The van der Waals surface area contributed by atoms with Crippen LogP contribution in [0.1, 0.15) is 27.0 Å². The fourth-order valence-corrected chi connectivity index (χ4v) is 3.55. The van der Waals surface area contributed by atoms with E-state index in [0.717, 1.165) is 27.8 Å². The molecular weight excluding hydrogens is 396 g/mol. The van der Waals surface area contributed by atoms with Crippen molar-refractivity contribution in [3.63, 3.8) is 0 Å². The number of amides is 1. The van der Waals surface area contributed by atoms with Crippen molar-refractivity contribution < 1.29 is 9.21 Å². The Morgan fingerprint density at radius 2 is 1.67 bits per heavy atom. The van der Waals surface area contributed by atoms with E-state index < -0.39 is 0 Å². The van der Waals surface area contributed by atoms with Crippen molar-refractivity contribution in [2.75, 3.05) is 5.32 Å². The summed E-state index contributed by atoms with van der Waals surface area (Å²) in [7, 11) is 0.